The fraction of sp³-hybridized carbons (Fsp3) is 0.556. The molecule has 2 amide bonds. The van der Waals surface area contributed by atoms with Crippen LogP contribution in [0.15, 0.2) is 18.2 Å². The van der Waals surface area contributed by atoms with Gasteiger partial charge in [0.2, 0.25) is 18.6 Å². The molecule has 1 fully saturated rings. The van der Waals surface area contributed by atoms with Crippen LogP contribution < -0.4 is 14.8 Å². The van der Waals surface area contributed by atoms with Gasteiger partial charge in [-0.2, -0.15) is 11.8 Å². The summed E-state index contributed by atoms with van der Waals surface area (Å²) in [6.07, 6.45) is 3.42. The molecule has 1 aromatic rings. The minimum Gasteiger partial charge on any atom is -0.454 e. The van der Waals surface area contributed by atoms with E-state index in [4.69, 9.17) is 9.47 Å². The predicted octanol–water partition coefficient (Wildman–Crippen LogP) is 2.59. The zero-order chi connectivity index (χ0) is 17.8. The molecule has 0 radical (unpaired) electrons. The van der Waals surface area contributed by atoms with E-state index in [-0.39, 0.29) is 30.4 Å². The van der Waals surface area contributed by atoms with Gasteiger partial charge in [0.25, 0.3) is 0 Å². The Kier molecular flexibility index (Phi) is 5.73. The van der Waals surface area contributed by atoms with Crippen molar-refractivity contribution in [2.75, 3.05) is 37.2 Å². The number of hydrogen-bond acceptors (Lipinski definition) is 5. The van der Waals surface area contributed by atoms with Crippen LogP contribution >= 0.6 is 11.8 Å². The smallest absolute Gasteiger partial charge is 0.231 e. The van der Waals surface area contributed by atoms with E-state index < -0.39 is 0 Å². The van der Waals surface area contributed by atoms with E-state index in [1.807, 2.05) is 24.1 Å². The number of hydrogen-bond donors (Lipinski definition) is 1. The van der Waals surface area contributed by atoms with Crippen molar-refractivity contribution in [2.24, 2.45) is 11.8 Å². The number of nitrogens with zero attached hydrogens (tertiary/aromatic N) is 1. The summed E-state index contributed by atoms with van der Waals surface area (Å²) in [5, 5.41) is 2.95. The van der Waals surface area contributed by atoms with Gasteiger partial charge in [-0.05, 0) is 31.2 Å². The molecule has 0 saturated carbocycles. The summed E-state index contributed by atoms with van der Waals surface area (Å²) in [4.78, 5) is 26.7. The number of piperidine rings is 1. The molecule has 25 heavy (non-hydrogen) atoms. The number of likely N-dealkylation sites (tertiary alicyclic amines) is 1. The van der Waals surface area contributed by atoms with Gasteiger partial charge in [-0.15, -0.1) is 0 Å². The van der Waals surface area contributed by atoms with Crippen LogP contribution in [0.2, 0.25) is 0 Å². The van der Waals surface area contributed by atoms with Crippen molar-refractivity contribution in [3.05, 3.63) is 18.2 Å². The van der Waals surface area contributed by atoms with Gasteiger partial charge in [0.1, 0.15) is 0 Å². The number of fused-ring (bicyclic) bond motifs is 1. The molecule has 6 nitrogen and oxygen atoms in total. The number of ether oxygens (including phenoxy) is 2. The standard InChI is InChI=1S/C18H24N2O4S/c1-12(10-25-2)18(22)20-7-5-13(6-8-20)17(21)19-14-3-4-15-16(9-14)24-11-23-15/h3-4,9,12-13H,5-8,10-11H2,1-2H3,(H,19,21). The van der Waals surface area contributed by atoms with Crippen LogP contribution in [0.25, 0.3) is 0 Å². The first-order valence-electron chi connectivity index (χ1n) is 8.56. The zero-order valence-corrected chi connectivity index (χ0v) is 15.4. The van der Waals surface area contributed by atoms with E-state index in [0.717, 1.165) is 5.75 Å². The second kappa shape index (κ2) is 7.99. The molecule has 2 aliphatic rings. The molecule has 0 spiro atoms. The van der Waals surface area contributed by atoms with Gasteiger partial charge in [0, 0.05) is 42.4 Å². The average molecular weight is 364 g/mol. The molecular weight excluding hydrogens is 340 g/mol. The normalized spacial score (nSPS) is 18.1. The number of rotatable bonds is 5. The van der Waals surface area contributed by atoms with Crippen molar-refractivity contribution in [1.29, 1.82) is 0 Å². The summed E-state index contributed by atoms with van der Waals surface area (Å²) < 4.78 is 10.6. The van der Waals surface area contributed by atoms with Crippen LogP contribution in [0.5, 0.6) is 11.5 Å². The first-order valence-corrected chi connectivity index (χ1v) is 9.96. The first kappa shape index (κ1) is 17.9. The van der Waals surface area contributed by atoms with Gasteiger partial charge in [-0.1, -0.05) is 6.92 Å². The molecule has 1 N–H and O–H groups in total. The van der Waals surface area contributed by atoms with Crippen LogP contribution in [-0.4, -0.2) is 48.6 Å². The van der Waals surface area contributed by atoms with Crippen molar-refractivity contribution < 1.29 is 19.1 Å². The molecule has 1 unspecified atom stereocenters. The second-order valence-corrected chi connectivity index (χ2v) is 7.42. The quantitative estimate of drug-likeness (QED) is 0.870. The van der Waals surface area contributed by atoms with Crippen LogP contribution in [0.4, 0.5) is 5.69 Å². The third-order valence-corrected chi connectivity index (χ3v) is 5.49. The largest absolute Gasteiger partial charge is 0.454 e. The maximum absolute atomic E-state index is 12.5. The third-order valence-electron chi connectivity index (χ3n) is 4.66. The number of anilines is 1. The Balaban J connectivity index is 1.51. The van der Waals surface area contributed by atoms with Gasteiger partial charge in [0.15, 0.2) is 11.5 Å². The lowest BCUT2D eigenvalue weighted by atomic mass is 9.95. The number of benzene rings is 1. The lowest BCUT2D eigenvalue weighted by Crippen LogP contribution is -2.43. The zero-order valence-electron chi connectivity index (χ0n) is 14.6. The number of thioether (sulfide) groups is 1. The maximum atomic E-state index is 12.5. The predicted molar refractivity (Wildman–Crippen MR) is 98.0 cm³/mol. The lowest BCUT2D eigenvalue weighted by molar-refractivity contribution is -0.137. The highest BCUT2D eigenvalue weighted by Crippen LogP contribution is 2.34. The Morgan fingerprint density at radius 1 is 1.28 bits per heavy atom. The molecule has 0 aliphatic carbocycles. The minimum atomic E-state index is -0.0645. The maximum Gasteiger partial charge on any atom is 0.231 e. The Hall–Kier alpha value is -1.89. The van der Waals surface area contributed by atoms with Gasteiger partial charge in [-0.3, -0.25) is 9.59 Å². The van der Waals surface area contributed by atoms with Crippen molar-refractivity contribution in [3.63, 3.8) is 0 Å². The third kappa shape index (κ3) is 4.21. The molecule has 2 heterocycles. The molecule has 3 rings (SSSR count). The van der Waals surface area contributed by atoms with E-state index in [0.29, 0.717) is 43.1 Å². The van der Waals surface area contributed by atoms with Crippen LogP contribution in [-0.2, 0) is 9.59 Å². The summed E-state index contributed by atoms with van der Waals surface area (Å²) in [7, 11) is 0. The van der Waals surface area contributed by atoms with E-state index >= 15 is 0 Å². The molecule has 7 heteroatoms. The van der Waals surface area contributed by atoms with Gasteiger partial charge in [0.05, 0.1) is 0 Å². The number of carbonyl (C=O) groups is 2. The van der Waals surface area contributed by atoms with Crippen molar-refractivity contribution in [1.82, 2.24) is 4.90 Å². The van der Waals surface area contributed by atoms with Gasteiger partial charge < -0.3 is 19.7 Å². The highest BCUT2D eigenvalue weighted by molar-refractivity contribution is 7.98. The van der Waals surface area contributed by atoms with Crippen molar-refractivity contribution >= 4 is 29.3 Å². The van der Waals surface area contributed by atoms with Gasteiger partial charge in [-0.25, -0.2) is 0 Å². The second-order valence-electron chi connectivity index (χ2n) is 6.51. The van der Waals surface area contributed by atoms with Crippen LogP contribution in [0, 0.1) is 11.8 Å². The monoisotopic (exact) mass is 364 g/mol. The van der Waals surface area contributed by atoms with Crippen molar-refractivity contribution in [2.45, 2.75) is 19.8 Å². The highest BCUT2D eigenvalue weighted by atomic mass is 32.2. The Morgan fingerprint density at radius 3 is 2.72 bits per heavy atom. The lowest BCUT2D eigenvalue weighted by Gasteiger charge is -2.33. The minimum absolute atomic E-state index is 0.00289. The molecular formula is C18H24N2O4S. The van der Waals surface area contributed by atoms with E-state index in [2.05, 4.69) is 5.32 Å². The fourth-order valence-electron chi connectivity index (χ4n) is 3.21. The van der Waals surface area contributed by atoms with E-state index in [1.54, 1.807) is 23.9 Å². The molecule has 0 bridgehead atoms. The number of nitrogens with one attached hydrogen (secondary N) is 1. The SMILES string of the molecule is CSCC(C)C(=O)N1CCC(C(=O)Nc2ccc3c(c2)OCO3)CC1. The summed E-state index contributed by atoms with van der Waals surface area (Å²) in [5.41, 5.74) is 0.710. The summed E-state index contributed by atoms with van der Waals surface area (Å²) in [6, 6.07) is 5.39. The Bertz CT molecular complexity index is 644. The number of amides is 2. The summed E-state index contributed by atoms with van der Waals surface area (Å²) in [6.45, 7) is 3.49. The molecule has 1 aromatic carbocycles. The first-order chi connectivity index (χ1) is 12.1. The van der Waals surface area contributed by atoms with Gasteiger partial charge >= 0.3 is 0 Å². The Morgan fingerprint density at radius 2 is 2.00 bits per heavy atom. The van der Waals surface area contributed by atoms with E-state index in [9.17, 15) is 9.59 Å². The average Bonchev–Trinajstić information content (AvgIpc) is 3.09. The highest BCUT2D eigenvalue weighted by Gasteiger charge is 2.29. The number of carbonyl (C=O) groups excluding carboxylic acids is 2. The molecule has 136 valence electrons. The van der Waals surface area contributed by atoms with Crippen LogP contribution in [0.1, 0.15) is 19.8 Å². The summed E-state index contributed by atoms with van der Waals surface area (Å²) >= 11 is 1.69. The molecule has 0 aromatic heterocycles. The molecule has 1 atom stereocenters. The summed E-state index contributed by atoms with van der Waals surface area (Å²) in [5.74, 6) is 2.36. The fourth-order valence-corrected chi connectivity index (χ4v) is 3.86. The Labute approximate surface area is 152 Å². The van der Waals surface area contributed by atoms with E-state index in [1.165, 1.54) is 0 Å². The topological polar surface area (TPSA) is 67.9 Å². The molecule has 1 saturated heterocycles. The molecule has 2 aliphatic heterocycles. The van der Waals surface area contributed by atoms with Crippen LogP contribution in [0.3, 0.4) is 0 Å². The van der Waals surface area contributed by atoms with Crippen molar-refractivity contribution in [3.8, 4) is 11.5 Å².